The molecule has 0 radical (unpaired) electrons. The molecule has 13 heavy (non-hydrogen) atoms. The fourth-order valence-electron chi connectivity index (χ4n) is 0.671. The Bertz CT molecular complexity index is 125. The third kappa shape index (κ3) is 9.14. The summed E-state index contributed by atoms with van der Waals surface area (Å²) in [6.07, 6.45) is -1.25. The first-order chi connectivity index (χ1) is 5.95. The van der Waals surface area contributed by atoms with Gasteiger partial charge in [-0.05, 0) is 20.8 Å². The van der Waals surface area contributed by atoms with Gasteiger partial charge in [0.05, 0.1) is 33.8 Å². The molecule has 0 unspecified atom stereocenters. The molecule has 0 spiro atoms. The predicted molar refractivity (Wildman–Crippen MR) is 52.8 cm³/mol. The van der Waals surface area contributed by atoms with E-state index in [0.717, 1.165) is 7.11 Å². The number of rotatable bonds is 3. The van der Waals surface area contributed by atoms with Gasteiger partial charge in [-0.3, -0.25) is 0 Å². The van der Waals surface area contributed by atoms with Gasteiger partial charge in [0.2, 0.25) is 0 Å². The van der Waals surface area contributed by atoms with Crippen LogP contribution >= 0.6 is 0 Å². The van der Waals surface area contributed by atoms with Gasteiger partial charge in [-0.1, -0.05) is 0 Å². The molecular formula is C9H22NO3+. The zero-order valence-electron chi connectivity index (χ0n) is 9.33. The van der Waals surface area contributed by atoms with Crippen LogP contribution in [0.1, 0.15) is 20.8 Å². The van der Waals surface area contributed by atoms with Crippen LogP contribution in [0.5, 0.6) is 0 Å². The first-order valence-electron chi connectivity index (χ1n) is 4.56. The average molecular weight is 192 g/mol. The van der Waals surface area contributed by atoms with E-state index in [1.807, 2.05) is 0 Å². The molecule has 0 aliphatic carbocycles. The fraction of sp³-hybridized carbons (Fsp3) is 0.889. The predicted octanol–water partition coefficient (Wildman–Crippen LogP) is 1.80. The standard InChI is InChI=1S/C7H18N.C2H4O3/c1-5-8(4,6-2)7-3;1-5-2(3)4/h5-7H2,1-4H3;1H3,(H,3,4)/q+1;. The van der Waals surface area contributed by atoms with Gasteiger partial charge in [-0.15, -0.1) is 0 Å². The van der Waals surface area contributed by atoms with Gasteiger partial charge in [0.1, 0.15) is 0 Å². The summed E-state index contributed by atoms with van der Waals surface area (Å²) < 4.78 is 4.88. The number of hydrogen-bond acceptors (Lipinski definition) is 2. The lowest BCUT2D eigenvalue weighted by Crippen LogP contribution is -2.42. The van der Waals surface area contributed by atoms with Crippen molar-refractivity contribution in [2.75, 3.05) is 33.8 Å². The Labute approximate surface area is 80.7 Å². The second kappa shape index (κ2) is 7.86. The van der Waals surface area contributed by atoms with E-state index < -0.39 is 6.16 Å². The summed E-state index contributed by atoms with van der Waals surface area (Å²) in [4.78, 5) is 9.15. The quantitative estimate of drug-likeness (QED) is 0.548. The SMILES string of the molecule is CC[N+](C)(CC)CC.COC(=O)O. The number of ether oxygens (including phenoxy) is 1. The van der Waals surface area contributed by atoms with Gasteiger partial charge >= 0.3 is 6.16 Å². The van der Waals surface area contributed by atoms with Gasteiger partial charge in [0.25, 0.3) is 0 Å². The van der Waals surface area contributed by atoms with E-state index in [-0.39, 0.29) is 0 Å². The van der Waals surface area contributed by atoms with Crippen LogP contribution in [0.25, 0.3) is 0 Å². The van der Waals surface area contributed by atoms with Gasteiger partial charge < -0.3 is 14.3 Å². The highest BCUT2D eigenvalue weighted by Gasteiger charge is 2.10. The minimum absolute atomic E-state index is 1.10. The molecule has 0 atom stereocenters. The number of carboxylic acid groups (broad SMARTS) is 1. The first kappa shape index (κ1) is 14.7. The molecule has 4 nitrogen and oxygen atoms in total. The van der Waals surface area contributed by atoms with Crippen LogP contribution in [-0.2, 0) is 4.74 Å². The average Bonchev–Trinajstić information content (AvgIpc) is 2.17. The smallest absolute Gasteiger partial charge is 0.450 e. The minimum atomic E-state index is -1.25. The summed E-state index contributed by atoms with van der Waals surface area (Å²) in [6, 6.07) is 0. The summed E-state index contributed by atoms with van der Waals surface area (Å²) in [5.74, 6) is 0. The fourth-order valence-corrected chi connectivity index (χ4v) is 0.671. The molecule has 0 saturated carbocycles. The topological polar surface area (TPSA) is 46.5 Å². The molecule has 0 aliphatic rings. The summed E-state index contributed by atoms with van der Waals surface area (Å²) in [5.41, 5.74) is 0. The third-order valence-corrected chi connectivity index (χ3v) is 2.46. The number of carbonyl (C=O) groups is 1. The number of quaternary nitrogens is 1. The van der Waals surface area contributed by atoms with E-state index in [9.17, 15) is 0 Å². The maximum atomic E-state index is 9.15. The lowest BCUT2D eigenvalue weighted by molar-refractivity contribution is -0.904. The molecule has 0 fully saturated rings. The highest BCUT2D eigenvalue weighted by Crippen LogP contribution is 1.97. The van der Waals surface area contributed by atoms with E-state index >= 15 is 0 Å². The van der Waals surface area contributed by atoms with Crippen molar-refractivity contribution in [3.63, 3.8) is 0 Å². The molecule has 0 rings (SSSR count). The molecule has 0 bridgehead atoms. The molecule has 0 aromatic rings. The van der Waals surface area contributed by atoms with Crippen molar-refractivity contribution in [2.24, 2.45) is 0 Å². The Hall–Kier alpha value is -0.770. The monoisotopic (exact) mass is 192 g/mol. The highest BCUT2D eigenvalue weighted by molar-refractivity contribution is 5.56. The Balaban J connectivity index is 0. The maximum Gasteiger partial charge on any atom is 0.505 e. The van der Waals surface area contributed by atoms with Crippen LogP contribution in [0.15, 0.2) is 0 Å². The molecule has 0 saturated heterocycles. The number of nitrogens with zero attached hydrogens (tertiary/aromatic N) is 1. The largest absolute Gasteiger partial charge is 0.505 e. The van der Waals surface area contributed by atoms with Crippen molar-refractivity contribution in [3.05, 3.63) is 0 Å². The number of methoxy groups -OCH3 is 1. The van der Waals surface area contributed by atoms with Crippen LogP contribution in [0.4, 0.5) is 4.79 Å². The molecule has 0 aromatic carbocycles. The molecule has 1 N–H and O–H groups in total. The molecule has 0 aromatic heterocycles. The van der Waals surface area contributed by atoms with Crippen molar-refractivity contribution in [2.45, 2.75) is 20.8 Å². The van der Waals surface area contributed by atoms with E-state index in [4.69, 9.17) is 9.90 Å². The first-order valence-corrected chi connectivity index (χ1v) is 4.56. The lowest BCUT2D eigenvalue weighted by Gasteiger charge is -2.30. The Morgan fingerprint density at radius 1 is 1.23 bits per heavy atom. The molecule has 0 aliphatic heterocycles. The molecule has 0 amide bonds. The van der Waals surface area contributed by atoms with Crippen molar-refractivity contribution in [3.8, 4) is 0 Å². The number of hydrogen-bond donors (Lipinski definition) is 1. The summed E-state index contributed by atoms with van der Waals surface area (Å²) in [5, 5.41) is 7.50. The molecule has 4 heteroatoms. The minimum Gasteiger partial charge on any atom is -0.450 e. The normalized spacial score (nSPS) is 9.92. The van der Waals surface area contributed by atoms with Crippen LogP contribution < -0.4 is 0 Å². The van der Waals surface area contributed by atoms with Crippen molar-refractivity contribution in [1.29, 1.82) is 0 Å². The third-order valence-electron chi connectivity index (χ3n) is 2.46. The van der Waals surface area contributed by atoms with Crippen LogP contribution in [-0.4, -0.2) is 49.5 Å². The Kier molecular flexibility index (Phi) is 8.91. The molecule has 80 valence electrons. The van der Waals surface area contributed by atoms with Crippen LogP contribution in [0, 0.1) is 0 Å². The highest BCUT2D eigenvalue weighted by atomic mass is 16.6. The van der Waals surface area contributed by atoms with E-state index in [0.29, 0.717) is 0 Å². The van der Waals surface area contributed by atoms with Gasteiger partial charge in [0.15, 0.2) is 0 Å². The van der Waals surface area contributed by atoms with Gasteiger partial charge in [0, 0.05) is 0 Å². The van der Waals surface area contributed by atoms with Crippen molar-refractivity contribution in [1.82, 2.24) is 0 Å². The molecular weight excluding hydrogens is 170 g/mol. The Morgan fingerprint density at radius 2 is 1.46 bits per heavy atom. The van der Waals surface area contributed by atoms with Gasteiger partial charge in [-0.2, -0.15) is 0 Å². The molecule has 0 heterocycles. The van der Waals surface area contributed by atoms with Crippen molar-refractivity contribution < 1.29 is 19.1 Å². The van der Waals surface area contributed by atoms with E-state index in [2.05, 4.69) is 32.6 Å². The Morgan fingerprint density at radius 3 is 1.46 bits per heavy atom. The lowest BCUT2D eigenvalue weighted by atomic mass is 10.4. The van der Waals surface area contributed by atoms with E-state index in [1.54, 1.807) is 0 Å². The second-order valence-corrected chi connectivity index (χ2v) is 3.04. The summed E-state index contributed by atoms with van der Waals surface area (Å²) in [6.45, 7) is 10.5. The van der Waals surface area contributed by atoms with E-state index in [1.165, 1.54) is 24.1 Å². The zero-order chi connectivity index (χ0) is 10.9. The summed E-state index contributed by atoms with van der Waals surface area (Å²) >= 11 is 0. The van der Waals surface area contributed by atoms with Crippen molar-refractivity contribution >= 4 is 6.16 Å². The summed E-state index contributed by atoms with van der Waals surface area (Å²) in [7, 11) is 3.39. The maximum absolute atomic E-state index is 9.15. The van der Waals surface area contributed by atoms with Gasteiger partial charge in [-0.25, -0.2) is 4.79 Å². The zero-order valence-corrected chi connectivity index (χ0v) is 9.33. The van der Waals surface area contributed by atoms with Crippen LogP contribution in [0.2, 0.25) is 0 Å². The van der Waals surface area contributed by atoms with Crippen LogP contribution in [0.3, 0.4) is 0 Å². The second-order valence-electron chi connectivity index (χ2n) is 3.04.